The summed E-state index contributed by atoms with van der Waals surface area (Å²) in [6.07, 6.45) is 0.442. The second-order valence-electron chi connectivity index (χ2n) is 10.4. The summed E-state index contributed by atoms with van der Waals surface area (Å²) >= 11 is 7.03. The molecule has 2 saturated carbocycles. The van der Waals surface area contributed by atoms with Crippen LogP contribution in [0.4, 0.5) is 24.5 Å². The number of hydrogen-bond acceptors (Lipinski definition) is 6. The van der Waals surface area contributed by atoms with E-state index in [0.29, 0.717) is 21.0 Å². The SMILES string of the molecule is O=C(NC[C@@H](NC(C1CCC1)C1CC1)C(=O)Nc1ccc(N2CCOCC2=O)cc1C(F)(F)F)c1ccc(Cl)s1. The van der Waals surface area contributed by atoms with Gasteiger partial charge in [-0.05, 0) is 67.9 Å². The lowest BCUT2D eigenvalue weighted by molar-refractivity contribution is -0.137. The standard InChI is InChI=1S/C27H30ClF3N4O4S/c28-22-9-8-21(40-22)26(38)32-13-20(33-24(16-4-5-16)15-2-1-3-15)25(37)34-19-7-6-17(12-18(19)27(29,30)31)35-10-11-39-14-23(35)36/h6-9,12,15-16,20,24,33H,1-5,10-11,13-14H2,(H,32,38)(H,34,37)/t20-,24?/m1/s1. The van der Waals surface area contributed by atoms with E-state index in [-0.39, 0.29) is 38.0 Å². The minimum absolute atomic E-state index is 0.0504. The maximum absolute atomic E-state index is 14.1. The molecule has 216 valence electrons. The van der Waals surface area contributed by atoms with E-state index in [0.717, 1.165) is 55.6 Å². The van der Waals surface area contributed by atoms with E-state index in [2.05, 4.69) is 16.0 Å². The lowest BCUT2D eigenvalue weighted by Gasteiger charge is -2.37. The van der Waals surface area contributed by atoms with Gasteiger partial charge in [0.1, 0.15) is 12.6 Å². The zero-order valence-corrected chi connectivity index (χ0v) is 23.1. The number of anilines is 2. The van der Waals surface area contributed by atoms with Gasteiger partial charge in [-0.15, -0.1) is 11.3 Å². The number of amides is 3. The van der Waals surface area contributed by atoms with Crippen LogP contribution in [-0.2, 0) is 20.5 Å². The van der Waals surface area contributed by atoms with Gasteiger partial charge in [0.2, 0.25) is 5.91 Å². The van der Waals surface area contributed by atoms with E-state index in [1.165, 1.54) is 11.0 Å². The molecule has 3 amide bonds. The highest BCUT2D eigenvalue weighted by molar-refractivity contribution is 7.18. The Kier molecular flexibility index (Phi) is 8.69. The quantitative estimate of drug-likeness (QED) is 0.369. The third-order valence-corrected chi connectivity index (χ3v) is 8.86. The topological polar surface area (TPSA) is 99.8 Å². The molecule has 1 saturated heterocycles. The van der Waals surface area contributed by atoms with Crippen molar-refractivity contribution >= 4 is 52.0 Å². The molecular weight excluding hydrogens is 569 g/mol. The summed E-state index contributed by atoms with van der Waals surface area (Å²) in [4.78, 5) is 40.0. The summed E-state index contributed by atoms with van der Waals surface area (Å²) in [6, 6.07) is 5.65. The van der Waals surface area contributed by atoms with Gasteiger partial charge in [-0.2, -0.15) is 13.2 Å². The molecule has 2 heterocycles. The Labute approximate surface area is 238 Å². The molecular formula is C27H30ClF3N4O4S. The monoisotopic (exact) mass is 598 g/mol. The Morgan fingerprint density at radius 2 is 1.88 bits per heavy atom. The third kappa shape index (κ3) is 6.79. The molecule has 1 aromatic carbocycles. The summed E-state index contributed by atoms with van der Waals surface area (Å²) in [5.41, 5.74) is -1.41. The first-order chi connectivity index (χ1) is 19.1. The van der Waals surface area contributed by atoms with E-state index in [4.69, 9.17) is 16.3 Å². The number of rotatable bonds is 10. The lowest BCUT2D eigenvalue weighted by Crippen LogP contribution is -2.55. The Hall–Kier alpha value is -2.67. The van der Waals surface area contributed by atoms with Crippen LogP contribution in [0.2, 0.25) is 4.34 Å². The van der Waals surface area contributed by atoms with Crippen molar-refractivity contribution in [3.63, 3.8) is 0 Å². The van der Waals surface area contributed by atoms with Gasteiger partial charge in [0, 0.05) is 24.8 Å². The fraction of sp³-hybridized carbons (Fsp3) is 0.519. The number of nitrogens with one attached hydrogen (secondary N) is 3. The van der Waals surface area contributed by atoms with Crippen LogP contribution in [0.15, 0.2) is 30.3 Å². The summed E-state index contributed by atoms with van der Waals surface area (Å²) < 4.78 is 47.8. The number of carbonyl (C=O) groups is 3. The van der Waals surface area contributed by atoms with Crippen molar-refractivity contribution in [1.82, 2.24) is 10.6 Å². The predicted octanol–water partition coefficient (Wildman–Crippen LogP) is 4.69. The molecule has 3 N–H and O–H groups in total. The molecule has 40 heavy (non-hydrogen) atoms. The average Bonchev–Trinajstić information content (AvgIpc) is 3.63. The molecule has 0 spiro atoms. The summed E-state index contributed by atoms with van der Waals surface area (Å²) in [6.45, 7) is 0.0236. The van der Waals surface area contributed by atoms with Crippen LogP contribution in [0.3, 0.4) is 0 Å². The van der Waals surface area contributed by atoms with Crippen molar-refractivity contribution in [1.29, 1.82) is 0 Å². The van der Waals surface area contributed by atoms with Crippen LogP contribution >= 0.6 is 22.9 Å². The molecule has 0 bridgehead atoms. The van der Waals surface area contributed by atoms with Crippen molar-refractivity contribution in [2.24, 2.45) is 11.8 Å². The summed E-state index contributed by atoms with van der Waals surface area (Å²) in [7, 11) is 0. The molecule has 0 radical (unpaired) electrons. The maximum atomic E-state index is 14.1. The van der Waals surface area contributed by atoms with E-state index in [1.807, 2.05) is 0 Å². The van der Waals surface area contributed by atoms with Gasteiger partial charge in [0.25, 0.3) is 11.8 Å². The van der Waals surface area contributed by atoms with Crippen LogP contribution in [0.5, 0.6) is 0 Å². The van der Waals surface area contributed by atoms with Crippen LogP contribution in [0.1, 0.15) is 47.3 Å². The van der Waals surface area contributed by atoms with Gasteiger partial charge >= 0.3 is 6.18 Å². The number of halogens is 4. The highest BCUT2D eigenvalue weighted by Gasteiger charge is 2.41. The second kappa shape index (κ2) is 12.1. The third-order valence-electron chi connectivity index (χ3n) is 7.63. The molecule has 3 aliphatic rings. The molecule has 2 atom stereocenters. The molecule has 1 aliphatic heterocycles. The van der Waals surface area contributed by atoms with Crippen LogP contribution < -0.4 is 20.9 Å². The Bertz CT molecular complexity index is 1260. The smallest absolute Gasteiger partial charge is 0.370 e. The summed E-state index contributed by atoms with van der Waals surface area (Å²) in [5.74, 6) is -0.742. The van der Waals surface area contributed by atoms with Crippen molar-refractivity contribution in [3.05, 3.63) is 45.1 Å². The number of benzene rings is 1. The zero-order chi connectivity index (χ0) is 28.4. The highest BCUT2D eigenvalue weighted by atomic mass is 35.5. The Morgan fingerprint density at radius 3 is 2.48 bits per heavy atom. The molecule has 13 heteroatoms. The second-order valence-corrected chi connectivity index (χ2v) is 12.1. The molecule has 2 aliphatic carbocycles. The number of nitrogens with zero attached hydrogens (tertiary/aromatic N) is 1. The number of alkyl halides is 3. The number of carbonyl (C=O) groups excluding carboxylic acids is 3. The minimum Gasteiger partial charge on any atom is -0.370 e. The van der Waals surface area contributed by atoms with Crippen molar-refractivity contribution in [2.45, 2.75) is 50.4 Å². The van der Waals surface area contributed by atoms with Gasteiger partial charge in [-0.3, -0.25) is 14.4 Å². The number of thiophene rings is 1. The summed E-state index contributed by atoms with van der Waals surface area (Å²) in [5, 5.41) is 8.56. The number of morpholine rings is 1. The van der Waals surface area contributed by atoms with E-state index in [9.17, 15) is 27.6 Å². The molecule has 2 aromatic rings. The highest BCUT2D eigenvalue weighted by Crippen LogP contribution is 2.43. The first kappa shape index (κ1) is 28.8. The lowest BCUT2D eigenvalue weighted by atomic mass is 9.77. The van der Waals surface area contributed by atoms with Gasteiger partial charge in [-0.1, -0.05) is 18.0 Å². The normalized spacial score (nSPS) is 19.6. The van der Waals surface area contributed by atoms with Crippen LogP contribution in [0.25, 0.3) is 0 Å². The van der Waals surface area contributed by atoms with Gasteiger partial charge < -0.3 is 25.6 Å². The van der Waals surface area contributed by atoms with Crippen LogP contribution in [-0.4, -0.2) is 56.1 Å². The average molecular weight is 599 g/mol. The van der Waals surface area contributed by atoms with E-state index >= 15 is 0 Å². The number of ether oxygens (including phenoxy) is 1. The molecule has 1 aromatic heterocycles. The molecule has 5 rings (SSSR count). The van der Waals surface area contributed by atoms with Crippen LogP contribution in [0, 0.1) is 11.8 Å². The van der Waals surface area contributed by atoms with Gasteiger partial charge in [-0.25, -0.2) is 0 Å². The molecule has 3 fully saturated rings. The fourth-order valence-corrected chi connectivity index (χ4v) is 6.10. The van der Waals surface area contributed by atoms with Gasteiger partial charge in [0.15, 0.2) is 0 Å². The molecule has 8 nitrogen and oxygen atoms in total. The maximum Gasteiger partial charge on any atom is 0.418 e. The van der Waals surface area contributed by atoms with Gasteiger partial charge in [0.05, 0.1) is 27.1 Å². The van der Waals surface area contributed by atoms with Crippen molar-refractivity contribution in [3.8, 4) is 0 Å². The van der Waals surface area contributed by atoms with Crippen molar-refractivity contribution in [2.75, 3.05) is 36.5 Å². The largest absolute Gasteiger partial charge is 0.418 e. The minimum atomic E-state index is -4.79. The number of hydrogen-bond donors (Lipinski definition) is 3. The predicted molar refractivity (Wildman–Crippen MR) is 146 cm³/mol. The molecule has 1 unspecified atom stereocenters. The van der Waals surface area contributed by atoms with E-state index in [1.54, 1.807) is 12.1 Å². The first-order valence-electron chi connectivity index (χ1n) is 13.3. The Balaban J connectivity index is 1.36. The fourth-order valence-electron chi connectivity index (χ4n) is 5.14. The Morgan fingerprint density at radius 1 is 1.12 bits per heavy atom. The zero-order valence-electron chi connectivity index (χ0n) is 21.6. The van der Waals surface area contributed by atoms with E-state index < -0.39 is 41.2 Å². The first-order valence-corrected chi connectivity index (χ1v) is 14.5. The van der Waals surface area contributed by atoms with Crippen molar-refractivity contribution < 1.29 is 32.3 Å².